The number of hydrogen-bond donors (Lipinski definition) is 2. The van der Waals surface area contributed by atoms with Crippen LogP contribution < -0.4 is 14.8 Å². The number of methoxy groups -OCH3 is 1. The minimum absolute atomic E-state index is 0.0789. The number of rotatable bonds is 6. The van der Waals surface area contributed by atoms with E-state index in [0.717, 1.165) is 0 Å². The molecule has 0 radical (unpaired) electrons. The van der Waals surface area contributed by atoms with Crippen LogP contribution in [0, 0.1) is 0 Å². The van der Waals surface area contributed by atoms with Crippen LogP contribution in [0.2, 0.25) is 0 Å². The van der Waals surface area contributed by atoms with Gasteiger partial charge < -0.3 is 10.1 Å². The van der Waals surface area contributed by atoms with Crippen molar-refractivity contribution in [2.75, 3.05) is 17.1 Å². The van der Waals surface area contributed by atoms with E-state index in [4.69, 9.17) is 16.3 Å². The summed E-state index contributed by atoms with van der Waals surface area (Å²) in [6.07, 6.45) is 0. The Balaban J connectivity index is 2.12. The van der Waals surface area contributed by atoms with E-state index in [0.29, 0.717) is 17.1 Å². The molecule has 1 atom stereocenters. The van der Waals surface area contributed by atoms with E-state index in [9.17, 15) is 13.2 Å². The van der Waals surface area contributed by atoms with Gasteiger partial charge in [0.2, 0.25) is 5.91 Å². The van der Waals surface area contributed by atoms with Gasteiger partial charge in [0, 0.05) is 11.4 Å². The molecular weight excluding hydrogens is 352 g/mol. The first kappa shape index (κ1) is 18.1. The molecule has 128 valence electrons. The highest BCUT2D eigenvalue weighted by Crippen LogP contribution is 2.20. The van der Waals surface area contributed by atoms with Crippen LogP contribution in [0.1, 0.15) is 6.92 Å². The van der Waals surface area contributed by atoms with Gasteiger partial charge in [-0.3, -0.25) is 9.52 Å². The number of carbonyl (C=O) groups excluding carboxylic acids is 1. The number of halogens is 1. The Hall–Kier alpha value is -2.25. The molecule has 6 nitrogen and oxygen atoms in total. The topological polar surface area (TPSA) is 84.5 Å². The fourth-order valence-corrected chi connectivity index (χ4v) is 2.95. The van der Waals surface area contributed by atoms with Crippen molar-refractivity contribution in [3.05, 3.63) is 48.5 Å². The first-order valence-corrected chi connectivity index (χ1v) is 8.95. The van der Waals surface area contributed by atoms with Gasteiger partial charge in [-0.15, -0.1) is 11.6 Å². The molecule has 1 amide bonds. The predicted octanol–water partition coefficient (Wildman–Crippen LogP) is 3.06. The number of carbonyl (C=O) groups is 1. The van der Waals surface area contributed by atoms with E-state index < -0.39 is 15.4 Å². The molecule has 0 spiro atoms. The standard InChI is InChI=1S/C16H17ClN2O4S/c1-11(17)16(20)18-12-5-9-15(10-6-12)24(21,22)19-13-3-7-14(23-2)8-4-13/h3-11,19H,1-2H3,(H,18,20). The molecule has 24 heavy (non-hydrogen) atoms. The normalized spacial score (nSPS) is 12.3. The summed E-state index contributed by atoms with van der Waals surface area (Å²) in [5.74, 6) is 0.273. The van der Waals surface area contributed by atoms with Gasteiger partial charge in [-0.2, -0.15) is 0 Å². The summed E-state index contributed by atoms with van der Waals surface area (Å²) >= 11 is 5.67. The molecule has 0 aliphatic rings. The Labute approximate surface area is 145 Å². The summed E-state index contributed by atoms with van der Waals surface area (Å²) in [5, 5.41) is 1.91. The number of anilines is 2. The lowest BCUT2D eigenvalue weighted by atomic mass is 10.3. The van der Waals surface area contributed by atoms with Gasteiger partial charge in [0.05, 0.1) is 12.0 Å². The number of nitrogens with one attached hydrogen (secondary N) is 2. The second kappa shape index (κ2) is 7.55. The van der Waals surface area contributed by atoms with Gasteiger partial charge in [0.25, 0.3) is 10.0 Å². The second-order valence-corrected chi connectivity index (χ2v) is 7.30. The second-order valence-electron chi connectivity index (χ2n) is 4.96. The molecule has 0 aliphatic carbocycles. The number of hydrogen-bond acceptors (Lipinski definition) is 4. The third kappa shape index (κ3) is 4.62. The van der Waals surface area contributed by atoms with Crippen LogP contribution in [0.5, 0.6) is 5.75 Å². The fourth-order valence-electron chi connectivity index (χ4n) is 1.83. The molecule has 0 aromatic heterocycles. The van der Waals surface area contributed by atoms with Crippen molar-refractivity contribution < 1.29 is 17.9 Å². The highest BCUT2D eigenvalue weighted by molar-refractivity contribution is 7.92. The SMILES string of the molecule is COc1ccc(NS(=O)(=O)c2ccc(NC(=O)C(C)Cl)cc2)cc1. The third-order valence-corrected chi connectivity index (χ3v) is 4.73. The van der Waals surface area contributed by atoms with Crippen molar-refractivity contribution in [3.8, 4) is 5.75 Å². The summed E-state index contributed by atoms with van der Waals surface area (Å²) in [6.45, 7) is 1.55. The number of alkyl halides is 1. The average Bonchev–Trinajstić information content (AvgIpc) is 2.55. The minimum atomic E-state index is -3.72. The number of amides is 1. The molecule has 2 N–H and O–H groups in total. The smallest absolute Gasteiger partial charge is 0.261 e. The van der Waals surface area contributed by atoms with Gasteiger partial charge in [0.1, 0.15) is 11.1 Å². The molecule has 2 rings (SSSR count). The molecule has 0 saturated carbocycles. The highest BCUT2D eigenvalue weighted by atomic mass is 35.5. The Morgan fingerprint density at radius 1 is 1.04 bits per heavy atom. The number of ether oxygens (including phenoxy) is 1. The van der Waals surface area contributed by atoms with Gasteiger partial charge >= 0.3 is 0 Å². The average molecular weight is 369 g/mol. The molecular formula is C16H17ClN2O4S. The third-order valence-electron chi connectivity index (χ3n) is 3.14. The minimum Gasteiger partial charge on any atom is -0.497 e. The molecule has 2 aromatic carbocycles. The molecule has 0 heterocycles. The summed E-state index contributed by atoms with van der Waals surface area (Å²) in [6, 6.07) is 12.3. The highest BCUT2D eigenvalue weighted by Gasteiger charge is 2.15. The largest absolute Gasteiger partial charge is 0.497 e. The van der Waals surface area contributed by atoms with E-state index in [1.807, 2.05) is 0 Å². The van der Waals surface area contributed by atoms with E-state index >= 15 is 0 Å². The Bertz CT molecular complexity index is 803. The summed E-state index contributed by atoms with van der Waals surface area (Å²) in [4.78, 5) is 11.6. The predicted molar refractivity (Wildman–Crippen MR) is 94.2 cm³/mol. The summed E-state index contributed by atoms with van der Waals surface area (Å²) in [5.41, 5.74) is 0.889. The summed E-state index contributed by atoms with van der Waals surface area (Å²) in [7, 11) is -2.19. The van der Waals surface area contributed by atoms with Crippen molar-refractivity contribution in [3.63, 3.8) is 0 Å². The molecule has 0 fully saturated rings. The van der Waals surface area contributed by atoms with Crippen LogP contribution >= 0.6 is 11.6 Å². The monoisotopic (exact) mass is 368 g/mol. The maximum atomic E-state index is 12.3. The zero-order chi connectivity index (χ0) is 17.7. The van der Waals surface area contributed by atoms with E-state index in [-0.39, 0.29) is 10.8 Å². The van der Waals surface area contributed by atoms with Crippen LogP contribution in [0.15, 0.2) is 53.4 Å². The molecule has 2 aromatic rings. The maximum Gasteiger partial charge on any atom is 0.261 e. The molecule has 0 bridgehead atoms. The van der Waals surface area contributed by atoms with Crippen LogP contribution in [0.3, 0.4) is 0 Å². The van der Waals surface area contributed by atoms with Gasteiger partial charge in [-0.25, -0.2) is 8.42 Å². The molecule has 1 unspecified atom stereocenters. The van der Waals surface area contributed by atoms with Crippen LogP contribution in [0.25, 0.3) is 0 Å². The molecule has 0 saturated heterocycles. The lowest BCUT2D eigenvalue weighted by Gasteiger charge is -2.10. The summed E-state index contributed by atoms with van der Waals surface area (Å²) < 4.78 is 32.2. The van der Waals surface area contributed by atoms with Crippen molar-refractivity contribution >= 4 is 38.9 Å². The van der Waals surface area contributed by atoms with Gasteiger partial charge in [-0.05, 0) is 55.5 Å². The Morgan fingerprint density at radius 3 is 2.08 bits per heavy atom. The quantitative estimate of drug-likeness (QED) is 0.767. The van der Waals surface area contributed by atoms with Crippen LogP contribution in [-0.4, -0.2) is 26.8 Å². The number of benzene rings is 2. The van der Waals surface area contributed by atoms with Crippen LogP contribution in [-0.2, 0) is 14.8 Å². The van der Waals surface area contributed by atoms with E-state index in [1.54, 1.807) is 31.2 Å². The van der Waals surface area contributed by atoms with Gasteiger partial charge in [-0.1, -0.05) is 0 Å². The number of sulfonamides is 1. The van der Waals surface area contributed by atoms with Crippen molar-refractivity contribution in [1.82, 2.24) is 0 Å². The van der Waals surface area contributed by atoms with Crippen molar-refractivity contribution in [2.45, 2.75) is 17.2 Å². The lowest BCUT2D eigenvalue weighted by molar-refractivity contribution is -0.115. The van der Waals surface area contributed by atoms with E-state index in [1.165, 1.54) is 31.4 Å². The zero-order valence-electron chi connectivity index (χ0n) is 13.1. The zero-order valence-corrected chi connectivity index (χ0v) is 14.7. The molecule has 8 heteroatoms. The van der Waals surface area contributed by atoms with E-state index in [2.05, 4.69) is 10.0 Å². The molecule has 0 aliphatic heterocycles. The maximum absolute atomic E-state index is 12.3. The Kier molecular flexibility index (Phi) is 5.69. The first-order valence-electron chi connectivity index (χ1n) is 7.04. The Morgan fingerprint density at radius 2 is 1.58 bits per heavy atom. The van der Waals surface area contributed by atoms with Crippen LogP contribution in [0.4, 0.5) is 11.4 Å². The van der Waals surface area contributed by atoms with Gasteiger partial charge in [0.15, 0.2) is 0 Å². The fraction of sp³-hybridized carbons (Fsp3) is 0.188. The first-order chi connectivity index (χ1) is 11.3. The van der Waals surface area contributed by atoms with Crippen molar-refractivity contribution in [1.29, 1.82) is 0 Å². The lowest BCUT2D eigenvalue weighted by Crippen LogP contribution is -2.20. The van der Waals surface area contributed by atoms with Crippen molar-refractivity contribution in [2.24, 2.45) is 0 Å².